The molecule has 0 spiro atoms. The van der Waals surface area contributed by atoms with Crippen LogP contribution < -0.4 is 5.32 Å². The molecule has 1 rings (SSSR count). The van der Waals surface area contributed by atoms with Gasteiger partial charge in [-0.05, 0) is 29.7 Å². The summed E-state index contributed by atoms with van der Waals surface area (Å²) in [5, 5.41) is 14.8. The Morgan fingerprint density at radius 2 is 2.15 bits per heavy atom. The molecule has 7 heteroatoms. The Hall–Kier alpha value is -1.50. The van der Waals surface area contributed by atoms with Crippen molar-refractivity contribution in [3.63, 3.8) is 0 Å². The normalized spacial score (nSPS) is 14.0. The van der Waals surface area contributed by atoms with Crippen LogP contribution in [0.1, 0.15) is 46.4 Å². The average Bonchev–Trinajstić information content (AvgIpc) is 2.87. The van der Waals surface area contributed by atoms with Crippen LogP contribution in [0.5, 0.6) is 0 Å². The van der Waals surface area contributed by atoms with Crippen molar-refractivity contribution in [2.45, 2.75) is 59.7 Å². The number of tetrazole rings is 1. The first kappa shape index (κ1) is 16.6. The van der Waals surface area contributed by atoms with E-state index in [-0.39, 0.29) is 17.9 Å². The molecule has 1 N–H and O–H groups in total. The SMILES string of the molecule is CCCn1nnnc1CN[C@@H](C(=O)OCC)[C@H](C)CC. The fourth-order valence-electron chi connectivity index (χ4n) is 1.92. The highest BCUT2D eigenvalue weighted by molar-refractivity contribution is 5.76. The van der Waals surface area contributed by atoms with E-state index in [9.17, 15) is 4.79 Å². The predicted octanol–water partition coefficient (Wildman–Crippen LogP) is 1.15. The van der Waals surface area contributed by atoms with Gasteiger partial charge in [0, 0.05) is 6.54 Å². The molecule has 0 radical (unpaired) electrons. The van der Waals surface area contributed by atoms with Gasteiger partial charge in [-0.2, -0.15) is 0 Å². The van der Waals surface area contributed by atoms with Crippen molar-refractivity contribution >= 4 is 5.97 Å². The maximum atomic E-state index is 12.0. The van der Waals surface area contributed by atoms with Gasteiger partial charge in [-0.15, -0.1) is 5.10 Å². The summed E-state index contributed by atoms with van der Waals surface area (Å²) in [7, 11) is 0. The van der Waals surface area contributed by atoms with Crippen molar-refractivity contribution in [2.24, 2.45) is 5.92 Å². The van der Waals surface area contributed by atoms with Crippen molar-refractivity contribution in [1.82, 2.24) is 25.5 Å². The first-order valence-electron chi connectivity index (χ1n) is 7.29. The Morgan fingerprint density at radius 1 is 1.40 bits per heavy atom. The lowest BCUT2D eigenvalue weighted by molar-refractivity contribution is -0.147. The number of carbonyl (C=O) groups is 1. The highest BCUT2D eigenvalue weighted by atomic mass is 16.5. The van der Waals surface area contributed by atoms with Crippen LogP contribution in [0.25, 0.3) is 0 Å². The number of aromatic nitrogens is 4. The number of nitrogens with one attached hydrogen (secondary N) is 1. The lowest BCUT2D eigenvalue weighted by Crippen LogP contribution is -2.43. The summed E-state index contributed by atoms with van der Waals surface area (Å²) >= 11 is 0. The summed E-state index contributed by atoms with van der Waals surface area (Å²) < 4.78 is 6.87. The molecule has 0 aliphatic rings. The van der Waals surface area contributed by atoms with Crippen LogP contribution in [0.15, 0.2) is 0 Å². The zero-order valence-electron chi connectivity index (χ0n) is 12.8. The maximum absolute atomic E-state index is 12.0. The quantitative estimate of drug-likeness (QED) is 0.685. The van der Waals surface area contributed by atoms with Gasteiger partial charge in [-0.3, -0.25) is 10.1 Å². The molecule has 20 heavy (non-hydrogen) atoms. The van der Waals surface area contributed by atoms with Crippen LogP contribution >= 0.6 is 0 Å². The number of nitrogens with zero attached hydrogens (tertiary/aromatic N) is 4. The number of hydrogen-bond donors (Lipinski definition) is 1. The molecule has 2 atom stereocenters. The van der Waals surface area contributed by atoms with Gasteiger partial charge in [0.2, 0.25) is 0 Å². The van der Waals surface area contributed by atoms with Crippen LogP contribution in [-0.2, 0) is 22.6 Å². The molecule has 114 valence electrons. The summed E-state index contributed by atoms with van der Waals surface area (Å²) in [6, 6.07) is -0.327. The second-order valence-corrected chi connectivity index (χ2v) is 4.81. The molecule has 0 aromatic carbocycles. The van der Waals surface area contributed by atoms with E-state index in [1.54, 1.807) is 4.68 Å². The van der Waals surface area contributed by atoms with Gasteiger partial charge in [0.1, 0.15) is 6.04 Å². The van der Waals surface area contributed by atoms with E-state index in [4.69, 9.17) is 4.74 Å². The van der Waals surface area contributed by atoms with E-state index in [2.05, 4.69) is 34.7 Å². The van der Waals surface area contributed by atoms with Crippen molar-refractivity contribution in [1.29, 1.82) is 0 Å². The summed E-state index contributed by atoms with van der Waals surface area (Å²) in [4.78, 5) is 12.0. The van der Waals surface area contributed by atoms with E-state index in [0.29, 0.717) is 13.2 Å². The van der Waals surface area contributed by atoms with Gasteiger partial charge in [-0.25, -0.2) is 4.68 Å². The van der Waals surface area contributed by atoms with E-state index >= 15 is 0 Å². The van der Waals surface area contributed by atoms with Gasteiger partial charge in [-0.1, -0.05) is 27.2 Å². The lowest BCUT2D eigenvalue weighted by Gasteiger charge is -2.22. The first-order valence-corrected chi connectivity index (χ1v) is 7.29. The Kier molecular flexibility index (Phi) is 7.14. The molecular formula is C13H25N5O2. The van der Waals surface area contributed by atoms with Crippen molar-refractivity contribution in [3.8, 4) is 0 Å². The van der Waals surface area contributed by atoms with Gasteiger partial charge in [0.25, 0.3) is 0 Å². The maximum Gasteiger partial charge on any atom is 0.323 e. The Morgan fingerprint density at radius 3 is 2.75 bits per heavy atom. The monoisotopic (exact) mass is 283 g/mol. The number of hydrogen-bond acceptors (Lipinski definition) is 6. The Bertz CT molecular complexity index is 407. The Balaban J connectivity index is 2.65. The minimum absolute atomic E-state index is 0.199. The van der Waals surface area contributed by atoms with Crippen molar-refractivity contribution < 1.29 is 9.53 Å². The molecule has 0 fully saturated rings. The van der Waals surface area contributed by atoms with Gasteiger partial charge < -0.3 is 4.74 Å². The van der Waals surface area contributed by atoms with Crippen LogP contribution in [0.3, 0.4) is 0 Å². The summed E-state index contributed by atoms with van der Waals surface area (Å²) in [5.41, 5.74) is 0. The standard InChI is InChI=1S/C13H25N5O2/c1-5-8-18-11(15-16-17-18)9-14-12(10(4)6-2)13(19)20-7-3/h10,12,14H,5-9H2,1-4H3/t10-,12-/m1/s1. The molecule has 0 aliphatic carbocycles. The molecule has 0 unspecified atom stereocenters. The first-order chi connectivity index (χ1) is 9.63. The van der Waals surface area contributed by atoms with E-state index in [1.807, 2.05) is 13.8 Å². The molecule has 1 aromatic rings. The number of esters is 1. The van der Waals surface area contributed by atoms with Crippen molar-refractivity contribution in [2.75, 3.05) is 6.61 Å². The lowest BCUT2D eigenvalue weighted by atomic mass is 9.99. The summed E-state index contributed by atoms with van der Waals surface area (Å²) in [6.07, 6.45) is 1.86. The van der Waals surface area contributed by atoms with Crippen molar-refractivity contribution in [3.05, 3.63) is 5.82 Å². The third kappa shape index (κ3) is 4.56. The zero-order chi connectivity index (χ0) is 15.0. The minimum Gasteiger partial charge on any atom is -0.465 e. The minimum atomic E-state index is -0.327. The van der Waals surface area contributed by atoms with Gasteiger partial charge >= 0.3 is 5.97 Å². The zero-order valence-corrected chi connectivity index (χ0v) is 12.8. The van der Waals surface area contributed by atoms with Crippen LogP contribution in [0.2, 0.25) is 0 Å². The molecule has 0 aliphatic heterocycles. The number of ether oxygens (including phenoxy) is 1. The fourth-order valence-corrected chi connectivity index (χ4v) is 1.92. The highest BCUT2D eigenvalue weighted by Crippen LogP contribution is 2.10. The third-order valence-corrected chi connectivity index (χ3v) is 3.28. The van der Waals surface area contributed by atoms with Gasteiger partial charge in [0.15, 0.2) is 5.82 Å². The molecule has 0 amide bonds. The molecule has 1 heterocycles. The largest absolute Gasteiger partial charge is 0.465 e. The number of aryl methyl sites for hydroxylation is 1. The predicted molar refractivity (Wildman–Crippen MR) is 74.8 cm³/mol. The molecular weight excluding hydrogens is 258 g/mol. The molecule has 0 saturated carbocycles. The molecule has 7 nitrogen and oxygen atoms in total. The second kappa shape index (κ2) is 8.63. The highest BCUT2D eigenvalue weighted by Gasteiger charge is 2.25. The Labute approximate surface area is 120 Å². The third-order valence-electron chi connectivity index (χ3n) is 3.28. The average molecular weight is 283 g/mol. The topological polar surface area (TPSA) is 81.9 Å². The van der Waals surface area contributed by atoms with Crippen LogP contribution in [-0.4, -0.2) is 38.8 Å². The summed E-state index contributed by atoms with van der Waals surface area (Å²) in [5.74, 6) is 0.727. The second-order valence-electron chi connectivity index (χ2n) is 4.81. The van der Waals surface area contributed by atoms with Gasteiger partial charge in [0.05, 0.1) is 13.2 Å². The van der Waals surface area contributed by atoms with Crippen LogP contribution in [0, 0.1) is 5.92 Å². The van der Waals surface area contributed by atoms with E-state index < -0.39 is 0 Å². The molecule has 0 saturated heterocycles. The van der Waals surface area contributed by atoms with E-state index in [1.165, 1.54) is 0 Å². The molecule has 1 aromatic heterocycles. The summed E-state index contributed by atoms with van der Waals surface area (Å²) in [6.45, 7) is 9.59. The van der Waals surface area contributed by atoms with E-state index in [0.717, 1.165) is 25.2 Å². The number of rotatable bonds is 9. The fraction of sp³-hybridized carbons (Fsp3) is 0.846. The molecule has 0 bridgehead atoms. The number of carbonyl (C=O) groups excluding carboxylic acids is 1. The van der Waals surface area contributed by atoms with Crippen LogP contribution in [0.4, 0.5) is 0 Å². The smallest absolute Gasteiger partial charge is 0.323 e.